The van der Waals surface area contributed by atoms with Gasteiger partial charge in [-0.2, -0.15) is 0 Å². The van der Waals surface area contributed by atoms with E-state index in [9.17, 15) is 4.79 Å². The zero-order valence-corrected chi connectivity index (χ0v) is 12.7. The summed E-state index contributed by atoms with van der Waals surface area (Å²) in [5.74, 6) is 0.624. The number of hydrogen-bond donors (Lipinski definition) is 2. The van der Waals surface area contributed by atoms with E-state index >= 15 is 0 Å². The highest BCUT2D eigenvalue weighted by molar-refractivity contribution is 5.94. The molecule has 0 bridgehead atoms. The van der Waals surface area contributed by atoms with Gasteiger partial charge in [0.25, 0.3) is 0 Å². The van der Waals surface area contributed by atoms with Gasteiger partial charge in [-0.05, 0) is 31.9 Å². The number of anilines is 1. The van der Waals surface area contributed by atoms with E-state index in [4.69, 9.17) is 10.5 Å². The number of ether oxygens (including phenoxy) is 1. The number of hydrogen-bond acceptors (Lipinski definition) is 3. The van der Waals surface area contributed by atoms with E-state index in [0.29, 0.717) is 6.42 Å². The topological polar surface area (TPSA) is 64.4 Å². The van der Waals surface area contributed by atoms with Gasteiger partial charge in [0.2, 0.25) is 5.91 Å². The Balaban J connectivity index is 2.59. The standard InChI is InChI=1S/C16H26N2O2/c1-4-6-10-15(17)16(19)18-13-8-7-9-14(11-13)20-12(3)5-2/h7-9,11-12,15H,4-6,10,17H2,1-3H3,(H,18,19). The molecule has 0 heterocycles. The third kappa shape index (κ3) is 5.61. The van der Waals surface area contributed by atoms with E-state index in [0.717, 1.165) is 30.7 Å². The van der Waals surface area contributed by atoms with Crippen molar-refractivity contribution in [3.05, 3.63) is 24.3 Å². The summed E-state index contributed by atoms with van der Waals surface area (Å²) < 4.78 is 5.73. The van der Waals surface area contributed by atoms with Crippen molar-refractivity contribution in [1.29, 1.82) is 0 Å². The van der Waals surface area contributed by atoms with Gasteiger partial charge in [0.1, 0.15) is 5.75 Å². The first-order valence-corrected chi connectivity index (χ1v) is 7.40. The fourth-order valence-corrected chi connectivity index (χ4v) is 1.75. The molecular weight excluding hydrogens is 252 g/mol. The van der Waals surface area contributed by atoms with Crippen molar-refractivity contribution in [2.75, 3.05) is 5.32 Å². The molecule has 20 heavy (non-hydrogen) atoms. The van der Waals surface area contributed by atoms with E-state index in [1.807, 2.05) is 31.2 Å². The Bertz CT molecular complexity index is 421. The fourth-order valence-electron chi connectivity index (χ4n) is 1.75. The highest BCUT2D eigenvalue weighted by Crippen LogP contribution is 2.19. The minimum Gasteiger partial charge on any atom is -0.491 e. The maximum atomic E-state index is 11.9. The molecule has 0 spiro atoms. The smallest absolute Gasteiger partial charge is 0.241 e. The van der Waals surface area contributed by atoms with E-state index < -0.39 is 6.04 Å². The van der Waals surface area contributed by atoms with Crippen LogP contribution in [0.1, 0.15) is 46.5 Å². The summed E-state index contributed by atoms with van der Waals surface area (Å²) in [5, 5.41) is 2.84. The third-order valence-corrected chi connectivity index (χ3v) is 3.22. The number of amides is 1. The zero-order valence-electron chi connectivity index (χ0n) is 12.7. The summed E-state index contributed by atoms with van der Waals surface area (Å²) in [7, 11) is 0. The molecule has 4 nitrogen and oxygen atoms in total. The third-order valence-electron chi connectivity index (χ3n) is 3.22. The van der Waals surface area contributed by atoms with Crippen molar-refractivity contribution >= 4 is 11.6 Å². The number of unbranched alkanes of at least 4 members (excludes halogenated alkanes) is 1. The Morgan fingerprint density at radius 3 is 2.80 bits per heavy atom. The van der Waals surface area contributed by atoms with E-state index in [-0.39, 0.29) is 12.0 Å². The largest absolute Gasteiger partial charge is 0.491 e. The fraction of sp³-hybridized carbons (Fsp3) is 0.562. The van der Waals surface area contributed by atoms with Crippen LogP contribution in [0.3, 0.4) is 0 Å². The molecule has 112 valence electrons. The van der Waals surface area contributed by atoms with Gasteiger partial charge in [-0.15, -0.1) is 0 Å². The maximum Gasteiger partial charge on any atom is 0.241 e. The van der Waals surface area contributed by atoms with Gasteiger partial charge in [-0.1, -0.05) is 32.8 Å². The van der Waals surface area contributed by atoms with E-state index in [1.54, 1.807) is 0 Å². The molecule has 1 amide bonds. The van der Waals surface area contributed by atoms with Crippen LogP contribution in [0.25, 0.3) is 0 Å². The van der Waals surface area contributed by atoms with Crippen LogP contribution in [-0.4, -0.2) is 18.1 Å². The average Bonchev–Trinajstić information content (AvgIpc) is 2.44. The minimum atomic E-state index is -0.450. The van der Waals surface area contributed by atoms with Crippen LogP contribution in [0.4, 0.5) is 5.69 Å². The van der Waals surface area contributed by atoms with Gasteiger partial charge < -0.3 is 15.8 Å². The molecule has 3 N–H and O–H groups in total. The van der Waals surface area contributed by atoms with Gasteiger partial charge >= 0.3 is 0 Å². The molecule has 4 heteroatoms. The van der Waals surface area contributed by atoms with Crippen LogP contribution in [0.2, 0.25) is 0 Å². The summed E-state index contributed by atoms with van der Waals surface area (Å²) in [6.45, 7) is 6.18. The number of nitrogens with one attached hydrogen (secondary N) is 1. The second kappa shape index (κ2) is 8.59. The molecule has 1 aromatic carbocycles. The lowest BCUT2D eigenvalue weighted by Gasteiger charge is -2.15. The SMILES string of the molecule is CCCCC(N)C(=O)Nc1cccc(OC(C)CC)c1. The van der Waals surface area contributed by atoms with Gasteiger partial charge in [0.15, 0.2) is 0 Å². The minimum absolute atomic E-state index is 0.140. The molecule has 1 rings (SSSR count). The molecular formula is C16H26N2O2. The normalized spacial score (nSPS) is 13.6. The number of rotatable bonds is 8. The first kappa shape index (κ1) is 16.5. The van der Waals surface area contributed by atoms with E-state index in [1.165, 1.54) is 0 Å². The molecule has 2 unspecified atom stereocenters. The van der Waals surface area contributed by atoms with Crippen molar-refractivity contribution in [1.82, 2.24) is 0 Å². The molecule has 0 saturated carbocycles. The number of carbonyl (C=O) groups excluding carboxylic acids is 1. The first-order valence-electron chi connectivity index (χ1n) is 7.40. The molecule has 0 saturated heterocycles. The summed E-state index contributed by atoms with van der Waals surface area (Å²) in [6, 6.07) is 6.97. The summed E-state index contributed by atoms with van der Waals surface area (Å²) in [5.41, 5.74) is 6.57. The molecule has 0 aliphatic rings. The first-order chi connectivity index (χ1) is 9.56. The van der Waals surface area contributed by atoms with Crippen molar-refractivity contribution in [2.45, 2.75) is 58.6 Å². The highest BCUT2D eigenvalue weighted by atomic mass is 16.5. The van der Waals surface area contributed by atoms with Crippen LogP contribution in [0.5, 0.6) is 5.75 Å². The quantitative estimate of drug-likeness (QED) is 0.766. The molecule has 0 fully saturated rings. The Morgan fingerprint density at radius 2 is 2.15 bits per heavy atom. The number of benzene rings is 1. The van der Waals surface area contributed by atoms with Gasteiger partial charge in [-0.3, -0.25) is 4.79 Å². The Hall–Kier alpha value is -1.55. The molecule has 1 aromatic rings. The molecule has 0 aliphatic carbocycles. The molecule has 0 aromatic heterocycles. The van der Waals surface area contributed by atoms with Crippen molar-refractivity contribution in [3.8, 4) is 5.75 Å². The van der Waals surface area contributed by atoms with Gasteiger partial charge in [-0.25, -0.2) is 0 Å². The molecule has 0 aliphatic heterocycles. The van der Waals surface area contributed by atoms with E-state index in [2.05, 4.69) is 19.2 Å². The predicted molar refractivity (Wildman–Crippen MR) is 83.0 cm³/mol. The van der Waals surface area contributed by atoms with Gasteiger partial charge in [0, 0.05) is 11.8 Å². The Labute approximate surface area is 121 Å². The number of carbonyl (C=O) groups is 1. The Kier molecular flexibility index (Phi) is 7.09. The lowest BCUT2D eigenvalue weighted by molar-refractivity contribution is -0.117. The van der Waals surface area contributed by atoms with Crippen LogP contribution in [0.15, 0.2) is 24.3 Å². The van der Waals surface area contributed by atoms with Crippen LogP contribution in [-0.2, 0) is 4.79 Å². The van der Waals surface area contributed by atoms with Crippen LogP contribution in [0, 0.1) is 0 Å². The second-order valence-corrected chi connectivity index (χ2v) is 5.10. The van der Waals surface area contributed by atoms with Crippen LogP contribution >= 0.6 is 0 Å². The van der Waals surface area contributed by atoms with Crippen molar-refractivity contribution < 1.29 is 9.53 Å². The molecule has 0 radical (unpaired) electrons. The number of nitrogens with two attached hydrogens (primary N) is 1. The van der Waals surface area contributed by atoms with Crippen LogP contribution < -0.4 is 15.8 Å². The summed E-state index contributed by atoms with van der Waals surface area (Å²) in [4.78, 5) is 11.9. The zero-order chi connectivity index (χ0) is 15.0. The summed E-state index contributed by atoms with van der Waals surface area (Å²) in [6.07, 6.45) is 3.82. The second-order valence-electron chi connectivity index (χ2n) is 5.10. The summed E-state index contributed by atoms with van der Waals surface area (Å²) >= 11 is 0. The van der Waals surface area contributed by atoms with Crippen molar-refractivity contribution in [2.24, 2.45) is 5.73 Å². The lowest BCUT2D eigenvalue weighted by atomic mass is 10.1. The lowest BCUT2D eigenvalue weighted by Crippen LogP contribution is -2.35. The molecule has 2 atom stereocenters. The monoisotopic (exact) mass is 278 g/mol. The Morgan fingerprint density at radius 1 is 1.40 bits per heavy atom. The maximum absolute atomic E-state index is 11.9. The predicted octanol–water partition coefficient (Wildman–Crippen LogP) is 3.32. The average molecular weight is 278 g/mol. The highest BCUT2D eigenvalue weighted by Gasteiger charge is 2.13. The van der Waals surface area contributed by atoms with Gasteiger partial charge in [0.05, 0.1) is 12.1 Å². The van der Waals surface area contributed by atoms with Crippen molar-refractivity contribution in [3.63, 3.8) is 0 Å².